The van der Waals surface area contributed by atoms with Gasteiger partial charge in [0.25, 0.3) is 0 Å². The van der Waals surface area contributed by atoms with E-state index in [4.69, 9.17) is 5.11 Å². The minimum atomic E-state index is -0.794. The molecule has 1 aliphatic carbocycles. The zero-order chi connectivity index (χ0) is 17.6. The highest BCUT2D eigenvalue weighted by Crippen LogP contribution is 2.34. The summed E-state index contributed by atoms with van der Waals surface area (Å²) < 4.78 is 0. The van der Waals surface area contributed by atoms with E-state index in [1.54, 1.807) is 0 Å². The number of carboxylic acid groups (broad SMARTS) is 1. The summed E-state index contributed by atoms with van der Waals surface area (Å²) in [5.41, 5.74) is 0.254. The molecule has 1 aliphatic heterocycles. The van der Waals surface area contributed by atoms with Crippen LogP contribution in [-0.2, 0) is 4.79 Å². The minimum absolute atomic E-state index is 0.0448. The molecule has 2 fully saturated rings. The summed E-state index contributed by atoms with van der Waals surface area (Å²) in [5.74, 6) is -0.794. The van der Waals surface area contributed by atoms with Gasteiger partial charge in [0.1, 0.15) is 0 Å². The highest BCUT2D eigenvalue weighted by Gasteiger charge is 2.29. The van der Waals surface area contributed by atoms with E-state index < -0.39 is 5.97 Å². The van der Waals surface area contributed by atoms with Gasteiger partial charge in [0, 0.05) is 25.7 Å². The number of nitrogens with zero attached hydrogens (tertiary/aromatic N) is 2. The highest BCUT2D eigenvalue weighted by atomic mass is 16.4. The molecule has 1 saturated carbocycles. The first kappa shape index (κ1) is 19.0. The Morgan fingerprint density at radius 3 is 2.54 bits per heavy atom. The van der Waals surface area contributed by atoms with Crippen LogP contribution >= 0.6 is 0 Å². The van der Waals surface area contributed by atoms with Crippen molar-refractivity contribution in [3.63, 3.8) is 0 Å². The van der Waals surface area contributed by atoms with E-state index >= 15 is 0 Å². The van der Waals surface area contributed by atoms with Crippen LogP contribution in [0.3, 0.4) is 0 Å². The molecule has 0 aromatic heterocycles. The Morgan fingerprint density at radius 2 is 1.88 bits per heavy atom. The Hall–Kier alpha value is -1.30. The maximum Gasteiger partial charge on any atom is 0.317 e. The van der Waals surface area contributed by atoms with Crippen molar-refractivity contribution in [1.82, 2.24) is 15.1 Å². The third-order valence-corrected chi connectivity index (χ3v) is 5.72. The van der Waals surface area contributed by atoms with Gasteiger partial charge >= 0.3 is 12.0 Å². The Morgan fingerprint density at radius 1 is 1.17 bits per heavy atom. The maximum atomic E-state index is 12.5. The average Bonchev–Trinajstić information content (AvgIpc) is 2.79. The number of hydrogen-bond acceptors (Lipinski definition) is 3. The van der Waals surface area contributed by atoms with E-state index in [2.05, 4.69) is 12.2 Å². The summed E-state index contributed by atoms with van der Waals surface area (Å²) in [6, 6.07) is 0.290. The summed E-state index contributed by atoms with van der Waals surface area (Å²) >= 11 is 0. The zero-order valence-corrected chi connectivity index (χ0v) is 15.2. The van der Waals surface area contributed by atoms with Crippen LogP contribution in [0.1, 0.15) is 58.3 Å². The number of amides is 2. The Balaban J connectivity index is 1.78. The number of rotatable bonds is 5. The van der Waals surface area contributed by atoms with Crippen LogP contribution in [0.4, 0.5) is 4.79 Å². The van der Waals surface area contributed by atoms with Gasteiger partial charge in [-0.25, -0.2) is 4.79 Å². The second-order valence-corrected chi connectivity index (χ2v) is 7.91. The van der Waals surface area contributed by atoms with E-state index in [1.165, 1.54) is 32.1 Å². The predicted molar refractivity (Wildman–Crippen MR) is 94.1 cm³/mol. The van der Waals surface area contributed by atoms with Crippen molar-refractivity contribution in [3.8, 4) is 0 Å². The van der Waals surface area contributed by atoms with Crippen molar-refractivity contribution >= 4 is 12.0 Å². The molecule has 2 rings (SSSR count). The third kappa shape index (κ3) is 5.65. The molecule has 2 amide bonds. The fourth-order valence-corrected chi connectivity index (χ4v) is 4.05. The fraction of sp³-hybridized carbons (Fsp3) is 0.889. The van der Waals surface area contributed by atoms with E-state index in [9.17, 15) is 9.59 Å². The largest absolute Gasteiger partial charge is 0.480 e. The van der Waals surface area contributed by atoms with Crippen molar-refractivity contribution in [2.75, 3.05) is 33.2 Å². The molecule has 1 unspecified atom stereocenters. The van der Waals surface area contributed by atoms with Crippen molar-refractivity contribution in [2.24, 2.45) is 5.41 Å². The molecule has 138 valence electrons. The number of likely N-dealkylation sites (N-methyl/N-ethyl adjacent to an activating group) is 1. The van der Waals surface area contributed by atoms with Crippen molar-refractivity contribution in [3.05, 3.63) is 0 Å². The smallest absolute Gasteiger partial charge is 0.317 e. The number of carbonyl (C=O) groups is 2. The second kappa shape index (κ2) is 8.70. The summed E-state index contributed by atoms with van der Waals surface area (Å²) in [6.45, 7) is 4.59. The Bertz CT molecular complexity index is 435. The van der Waals surface area contributed by atoms with Crippen LogP contribution < -0.4 is 5.32 Å². The number of carboxylic acids is 1. The Kier molecular flexibility index (Phi) is 6.90. The SMILES string of the molecule is CN(CC(=O)O)C1CCCN(C(=O)NCC2(C)CCCCC2)CC1. The van der Waals surface area contributed by atoms with Gasteiger partial charge in [-0.1, -0.05) is 26.2 Å². The molecular weight excluding hydrogens is 306 g/mol. The lowest BCUT2D eigenvalue weighted by molar-refractivity contribution is -0.138. The summed E-state index contributed by atoms with van der Waals surface area (Å²) in [6.07, 6.45) is 8.99. The molecule has 0 spiro atoms. The van der Waals surface area contributed by atoms with Gasteiger partial charge in [-0.3, -0.25) is 9.69 Å². The summed E-state index contributed by atoms with van der Waals surface area (Å²) in [4.78, 5) is 27.2. The van der Waals surface area contributed by atoms with Crippen molar-refractivity contribution < 1.29 is 14.7 Å². The number of aliphatic carboxylic acids is 1. The van der Waals surface area contributed by atoms with Crippen LogP contribution in [-0.4, -0.2) is 66.2 Å². The minimum Gasteiger partial charge on any atom is -0.480 e. The standard InChI is InChI=1S/C18H33N3O3/c1-18(9-4-3-5-10-18)14-19-17(24)21-11-6-7-15(8-12-21)20(2)13-16(22)23/h15H,3-14H2,1-2H3,(H,19,24)(H,22,23). The second-order valence-electron chi connectivity index (χ2n) is 7.91. The molecule has 1 saturated heterocycles. The molecule has 6 nitrogen and oxygen atoms in total. The quantitative estimate of drug-likeness (QED) is 0.807. The monoisotopic (exact) mass is 339 g/mol. The highest BCUT2D eigenvalue weighted by molar-refractivity contribution is 5.74. The number of nitrogens with one attached hydrogen (secondary N) is 1. The maximum absolute atomic E-state index is 12.5. The topological polar surface area (TPSA) is 72.9 Å². The molecule has 0 bridgehead atoms. The first-order valence-electron chi connectivity index (χ1n) is 9.34. The number of likely N-dealkylation sites (tertiary alicyclic amines) is 1. The number of hydrogen-bond donors (Lipinski definition) is 2. The van der Waals surface area contributed by atoms with Crippen molar-refractivity contribution in [1.29, 1.82) is 0 Å². The predicted octanol–water partition coefficient (Wildman–Crippen LogP) is 2.54. The van der Waals surface area contributed by atoms with Crippen molar-refractivity contribution in [2.45, 2.75) is 64.3 Å². The molecule has 0 radical (unpaired) electrons. The Labute approximate surface area is 145 Å². The first-order valence-corrected chi connectivity index (χ1v) is 9.34. The molecular formula is C18H33N3O3. The van der Waals surface area contributed by atoms with Gasteiger partial charge in [0.15, 0.2) is 0 Å². The lowest BCUT2D eigenvalue weighted by atomic mass is 9.76. The first-order chi connectivity index (χ1) is 11.4. The molecule has 1 atom stereocenters. The van der Waals surface area contributed by atoms with Crippen LogP contribution in [0.2, 0.25) is 0 Å². The van der Waals surface area contributed by atoms with Crippen LogP contribution in [0.15, 0.2) is 0 Å². The molecule has 24 heavy (non-hydrogen) atoms. The zero-order valence-electron chi connectivity index (χ0n) is 15.2. The fourth-order valence-electron chi connectivity index (χ4n) is 4.05. The summed E-state index contributed by atoms with van der Waals surface area (Å²) in [7, 11) is 1.86. The molecule has 1 heterocycles. The van der Waals surface area contributed by atoms with E-state index in [0.29, 0.717) is 6.54 Å². The average molecular weight is 339 g/mol. The molecule has 6 heteroatoms. The van der Waals surface area contributed by atoms with Crippen LogP contribution in [0.25, 0.3) is 0 Å². The van der Waals surface area contributed by atoms with Crippen LogP contribution in [0.5, 0.6) is 0 Å². The van der Waals surface area contributed by atoms with Crippen LogP contribution in [0, 0.1) is 5.41 Å². The normalized spacial score (nSPS) is 24.5. The number of carbonyl (C=O) groups excluding carboxylic acids is 1. The van der Waals surface area contributed by atoms with Gasteiger partial charge in [-0.05, 0) is 44.6 Å². The van der Waals surface area contributed by atoms with E-state index in [1.807, 2.05) is 16.8 Å². The molecule has 2 N–H and O–H groups in total. The van der Waals surface area contributed by atoms with E-state index in [-0.39, 0.29) is 24.0 Å². The van der Waals surface area contributed by atoms with Gasteiger partial charge in [-0.2, -0.15) is 0 Å². The summed E-state index contributed by atoms with van der Waals surface area (Å²) in [5, 5.41) is 12.1. The third-order valence-electron chi connectivity index (χ3n) is 5.72. The van der Waals surface area contributed by atoms with Gasteiger partial charge < -0.3 is 15.3 Å². The molecule has 0 aromatic carbocycles. The lowest BCUT2D eigenvalue weighted by Crippen LogP contribution is -2.45. The van der Waals surface area contributed by atoms with Gasteiger partial charge in [0.05, 0.1) is 6.54 Å². The molecule has 2 aliphatic rings. The molecule has 0 aromatic rings. The van der Waals surface area contributed by atoms with E-state index in [0.717, 1.165) is 32.4 Å². The number of urea groups is 1. The van der Waals surface area contributed by atoms with Gasteiger partial charge in [0.2, 0.25) is 0 Å². The lowest BCUT2D eigenvalue weighted by Gasteiger charge is -2.34. The van der Waals surface area contributed by atoms with Gasteiger partial charge in [-0.15, -0.1) is 0 Å².